The number of benzene rings is 2. The Balaban J connectivity index is 1.31. The first kappa shape index (κ1) is 27.0. The fourth-order valence-electron chi connectivity index (χ4n) is 6.24. The van der Waals surface area contributed by atoms with E-state index in [4.69, 9.17) is 4.74 Å². The number of alkyl halides is 3. The van der Waals surface area contributed by atoms with Gasteiger partial charge in [0.15, 0.2) is 0 Å². The van der Waals surface area contributed by atoms with Gasteiger partial charge in [-0.15, -0.1) is 10.2 Å². The van der Waals surface area contributed by atoms with Crippen molar-refractivity contribution in [3.63, 3.8) is 0 Å². The van der Waals surface area contributed by atoms with E-state index in [1.165, 1.54) is 11.0 Å². The Labute approximate surface area is 231 Å². The standard InChI is InChI=1S/C30H34F3N5O2/c1-29(8-4-9-29)34-15-20-12-24-25(26(13-20)30(31,32)33)16-38(28(24)39)22-6-3-5-21(14-22)23(11-19-7-10-40-17-19)27-36-35-18-37(27)2/h3,5-6,12-14,18-19,23,34H,4,7-11,15-17H2,1-2H3/t19-,23+/m1/s1. The highest BCUT2D eigenvalue weighted by molar-refractivity contribution is 6.10. The molecule has 1 saturated heterocycles. The number of hydrogen-bond acceptors (Lipinski definition) is 5. The summed E-state index contributed by atoms with van der Waals surface area (Å²) < 4.78 is 50.1. The Morgan fingerprint density at radius 1 is 1.23 bits per heavy atom. The van der Waals surface area contributed by atoms with Gasteiger partial charge in [-0.1, -0.05) is 12.1 Å². The monoisotopic (exact) mass is 553 g/mol. The van der Waals surface area contributed by atoms with Crippen LogP contribution in [0.3, 0.4) is 0 Å². The van der Waals surface area contributed by atoms with Crippen molar-refractivity contribution in [3.8, 4) is 0 Å². The molecule has 6 rings (SSSR count). The lowest BCUT2D eigenvalue weighted by atomic mass is 9.78. The highest BCUT2D eigenvalue weighted by Crippen LogP contribution is 2.41. The number of hydrogen-bond donors (Lipinski definition) is 1. The number of ether oxygens (including phenoxy) is 1. The predicted octanol–water partition coefficient (Wildman–Crippen LogP) is 5.59. The van der Waals surface area contributed by atoms with Gasteiger partial charge in [0.25, 0.3) is 5.91 Å². The van der Waals surface area contributed by atoms with Crippen LogP contribution in [-0.4, -0.2) is 39.4 Å². The number of fused-ring (bicyclic) bond motifs is 1. The van der Waals surface area contributed by atoms with Gasteiger partial charge < -0.3 is 19.5 Å². The first-order valence-corrected chi connectivity index (χ1v) is 13.9. The maximum Gasteiger partial charge on any atom is 0.416 e. The molecule has 2 fully saturated rings. The predicted molar refractivity (Wildman–Crippen MR) is 144 cm³/mol. The molecule has 212 valence electrons. The molecule has 0 spiro atoms. The second-order valence-electron chi connectivity index (χ2n) is 11.7. The Kier molecular flexibility index (Phi) is 6.94. The number of nitrogens with one attached hydrogen (secondary N) is 1. The zero-order valence-corrected chi connectivity index (χ0v) is 22.8. The average Bonchev–Trinajstić information content (AvgIpc) is 3.65. The molecule has 0 unspecified atom stereocenters. The van der Waals surface area contributed by atoms with Crippen molar-refractivity contribution >= 4 is 11.6 Å². The van der Waals surface area contributed by atoms with E-state index >= 15 is 0 Å². The number of amides is 1. The number of aryl methyl sites for hydroxylation is 1. The fourth-order valence-corrected chi connectivity index (χ4v) is 6.24. The number of halogens is 3. The summed E-state index contributed by atoms with van der Waals surface area (Å²) >= 11 is 0. The third kappa shape index (κ3) is 5.14. The zero-order chi connectivity index (χ0) is 28.1. The summed E-state index contributed by atoms with van der Waals surface area (Å²) in [4.78, 5) is 15.1. The number of carbonyl (C=O) groups excluding carboxylic acids is 1. The zero-order valence-electron chi connectivity index (χ0n) is 22.8. The molecule has 40 heavy (non-hydrogen) atoms. The molecule has 2 aromatic carbocycles. The smallest absolute Gasteiger partial charge is 0.381 e. The van der Waals surface area contributed by atoms with Crippen molar-refractivity contribution in [2.75, 3.05) is 18.1 Å². The van der Waals surface area contributed by atoms with E-state index in [0.717, 1.165) is 50.1 Å². The molecule has 0 bridgehead atoms. The Hall–Kier alpha value is -3.24. The molecule has 2 atom stereocenters. The summed E-state index contributed by atoms with van der Waals surface area (Å²) in [5, 5.41) is 11.8. The summed E-state index contributed by atoms with van der Waals surface area (Å²) in [6.07, 6.45) is 1.97. The maximum atomic E-state index is 14.2. The summed E-state index contributed by atoms with van der Waals surface area (Å²) in [5.41, 5.74) is 1.37. The lowest BCUT2D eigenvalue weighted by Crippen LogP contribution is -2.47. The summed E-state index contributed by atoms with van der Waals surface area (Å²) in [6, 6.07) is 10.4. The van der Waals surface area contributed by atoms with Gasteiger partial charge in [-0.05, 0) is 85.9 Å². The van der Waals surface area contributed by atoms with Crippen LogP contribution in [0.25, 0.3) is 0 Å². The lowest BCUT2D eigenvalue weighted by molar-refractivity contribution is -0.138. The molecule has 2 aliphatic heterocycles. The van der Waals surface area contributed by atoms with Gasteiger partial charge >= 0.3 is 6.18 Å². The molecule has 0 radical (unpaired) electrons. The van der Waals surface area contributed by atoms with Gasteiger partial charge in [-0.2, -0.15) is 13.2 Å². The van der Waals surface area contributed by atoms with Gasteiger partial charge in [0.1, 0.15) is 12.2 Å². The van der Waals surface area contributed by atoms with Crippen molar-refractivity contribution in [1.82, 2.24) is 20.1 Å². The highest BCUT2D eigenvalue weighted by Gasteiger charge is 2.41. The number of rotatable bonds is 8. The minimum atomic E-state index is -4.56. The number of nitrogens with zero attached hydrogens (tertiary/aromatic N) is 4. The van der Waals surface area contributed by atoms with Gasteiger partial charge in [0.05, 0.1) is 12.1 Å². The molecule has 1 saturated carbocycles. The fraction of sp³-hybridized carbons (Fsp3) is 0.500. The molecular weight excluding hydrogens is 519 g/mol. The van der Waals surface area contributed by atoms with Crippen LogP contribution in [0.15, 0.2) is 42.7 Å². The van der Waals surface area contributed by atoms with Crippen molar-refractivity contribution in [2.24, 2.45) is 13.0 Å². The van der Waals surface area contributed by atoms with Gasteiger partial charge in [-0.25, -0.2) is 0 Å². The van der Waals surface area contributed by atoms with Crippen LogP contribution in [-0.2, 0) is 31.1 Å². The van der Waals surface area contributed by atoms with Crippen LogP contribution in [0.1, 0.15) is 83.4 Å². The van der Waals surface area contributed by atoms with E-state index < -0.39 is 17.6 Å². The molecule has 1 N–H and O–H groups in total. The summed E-state index contributed by atoms with van der Waals surface area (Å²) in [5.74, 6) is 0.674. The largest absolute Gasteiger partial charge is 0.416 e. The molecule has 3 aliphatic rings. The van der Waals surface area contributed by atoms with Crippen molar-refractivity contribution in [1.29, 1.82) is 0 Å². The minimum absolute atomic E-state index is 0.0365. The second-order valence-corrected chi connectivity index (χ2v) is 11.7. The molecular formula is C30H34F3N5O2. The quantitative estimate of drug-likeness (QED) is 0.394. The van der Waals surface area contributed by atoms with Crippen LogP contribution >= 0.6 is 0 Å². The van der Waals surface area contributed by atoms with Crippen LogP contribution in [0, 0.1) is 5.92 Å². The maximum absolute atomic E-state index is 14.2. The topological polar surface area (TPSA) is 72.3 Å². The van der Waals surface area contributed by atoms with Crippen molar-refractivity contribution in [2.45, 2.75) is 69.8 Å². The highest BCUT2D eigenvalue weighted by atomic mass is 19.4. The first-order chi connectivity index (χ1) is 19.1. The van der Waals surface area contributed by atoms with Crippen LogP contribution in [0.4, 0.5) is 18.9 Å². The second kappa shape index (κ2) is 10.3. The van der Waals surface area contributed by atoms with Crippen LogP contribution in [0.2, 0.25) is 0 Å². The first-order valence-electron chi connectivity index (χ1n) is 13.9. The minimum Gasteiger partial charge on any atom is -0.381 e. The van der Waals surface area contributed by atoms with Gasteiger partial charge in [-0.3, -0.25) is 4.79 Å². The van der Waals surface area contributed by atoms with Crippen molar-refractivity contribution < 1.29 is 22.7 Å². The van der Waals surface area contributed by atoms with Crippen LogP contribution in [0.5, 0.6) is 0 Å². The Bertz CT molecular complexity index is 1410. The molecule has 1 aliphatic carbocycles. The van der Waals surface area contributed by atoms with Gasteiger partial charge in [0.2, 0.25) is 0 Å². The number of anilines is 1. The van der Waals surface area contributed by atoms with Crippen molar-refractivity contribution in [3.05, 3.63) is 76.4 Å². The molecule has 3 aromatic rings. The molecule has 7 nitrogen and oxygen atoms in total. The molecule has 3 heterocycles. The van der Waals surface area contributed by atoms with E-state index in [2.05, 4.69) is 22.4 Å². The molecule has 10 heteroatoms. The molecule has 1 amide bonds. The normalized spacial score (nSPS) is 21.0. The Morgan fingerprint density at radius 2 is 2.05 bits per heavy atom. The number of carbonyl (C=O) groups is 1. The van der Waals surface area contributed by atoms with E-state index in [1.54, 1.807) is 18.5 Å². The van der Waals surface area contributed by atoms with Gasteiger partial charge in [0, 0.05) is 49.5 Å². The SMILES string of the molecule is Cn1cnnc1[C@@H](C[C@H]1CCOC1)c1cccc(N2Cc3c(cc(CNC4(C)CCC4)cc3C(F)(F)F)C2=O)c1. The van der Waals surface area contributed by atoms with E-state index in [0.29, 0.717) is 30.3 Å². The molecule has 1 aromatic heterocycles. The third-order valence-corrected chi connectivity index (χ3v) is 8.82. The van der Waals surface area contributed by atoms with E-state index in [9.17, 15) is 18.0 Å². The van der Waals surface area contributed by atoms with E-state index in [1.807, 2.05) is 29.8 Å². The number of aromatic nitrogens is 3. The van der Waals surface area contributed by atoms with E-state index in [-0.39, 0.29) is 29.1 Å². The lowest BCUT2D eigenvalue weighted by Gasteiger charge is -2.39. The van der Waals surface area contributed by atoms with Crippen LogP contribution < -0.4 is 10.2 Å². The third-order valence-electron chi connectivity index (χ3n) is 8.82. The summed E-state index contributed by atoms with van der Waals surface area (Å²) in [6.45, 7) is 3.67. The Morgan fingerprint density at radius 3 is 2.70 bits per heavy atom. The average molecular weight is 554 g/mol. The summed E-state index contributed by atoms with van der Waals surface area (Å²) in [7, 11) is 1.90.